The molecule has 1 fully saturated rings. The first-order chi connectivity index (χ1) is 13.4. The number of hydrogen-bond acceptors (Lipinski definition) is 4. The van der Waals surface area contributed by atoms with Crippen LogP contribution in [0.25, 0.3) is 0 Å². The van der Waals surface area contributed by atoms with Gasteiger partial charge >= 0.3 is 0 Å². The van der Waals surface area contributed by atoms with E-state index in [0.717, 1.165) is 10.4 Å². The fourth-order valence-electron chi connectivity index (χ4n) is 2.93. The number of benzene rings is 2. The highest BCUT2D eigenvalue weighted by atomic mass is 32.2. The smallest absolute Gasteiger partial charge is 0.251 e. The quantitative estimate of drug-likeness (QED) is 0.807. The molecule has 1 N–H and O–H groups in total. The van der Waals surface area contributed by atoms with Gasteiger partial charge < -0.3 is 10.2 Å². The van der Waals surface area contributed by atoms with E-state index in [2.05, 4.69) is 5.32 Å². The van der Waals surface area contributed by atoms with Gasteiger partial charge in [0.05, 0.1) is 6.54 Å². The summed E-state index contributed by atoms with van der Waals surface area (Å²) in [5, 5.41) is 2.56. The van der Waals surface area contributed by atoms with Gasteiger partial charge in [-0.2, -0.15) is 4.31 Å². The molecule has 0 unspecified atom stereocenters. The number of sulfonamides is 1. The molecular weight excluding hydrogens is 385 g/mol. The third kappa shape index (κ3) is 4.37. The maximum atomic E-state index is 13.9. The molecular formula is C19H20FN3O4S. The first-order valence-corrected chi connectivity index (χ1v) is 10.2. The van der Waals surface area contributed by atoms with Crippen LogP contribution in [0.2, 0.25) is 0 Å². The molecule has 2 amide bonds. The van der Waals surface area contributed by atoms with Crippen molar-refractivity contribution in [1.82, 2.24) is 14.5 Å². The number of rotatable bonds is 5. The predicted octanol–water partition coefficient (Wildman–Crippen LogP) is 1.09. The van der Waals surface area contributed by atoms with Crippen molar-refractivity contribution < 1.29 is 22.4 Å². The highest BCUT2D eigenvalue weighted by Crippen LogP contribution is 2.20. The lowest BCUT2D eigenvalue weighted by atomic mass is 10.2. The second kappa shape index (κ2) is 8.49. The zero-order valence-corrected chi connectivity index (χ0v) is 15.9. The van der Waals surface area contributed by atoms with Gasteiger partial charge in [0.2, 0.25) is 15.9 Å². The Hall–Kier alpha value is -2.78. The van der Waals surface area contributed by atoms with Crippen molar-refractivity contribution in [2.45, 2.75) is 4.90 Å². The first-order valence-electron chi connectivity index (χ1n) is 8.75. The van der Waals surface area contributed by atoms with Crippen molar-refractivity contribution in [3.8, 4) is 0 Å². The van der Waals surface area contributed by atoms with E-state index in [4.69, 9.17) is 0 Å². The van der Waals surface area contributed by atoms with Gasteiger partial charge in [-0.1, -0.05) is 30.3 Å². The van der Waals surface area contributed by atoms with Crippen molar-refractivity contribution in [2.24, 2.45) is 0 Å². The first kappa shape index (κ1) is 20.0. The fourth-order valence-corrected chi connectivity index (χ4v) is 4.42. The molecule has 1 aliphatic rings. The molecule has 9 heteroatoms. The summed E-state index contributed by atoms with van der Waals surface area (Å²) in [4.78, 5) is 25.4. The highest BCUT2D eigenvalue weighted by molar-refractivity contribution is 7.89. The number of amides is 2. The molecule has 0 spiro atoms. The average molecular weight is 405 g/mol. The van der Waals surface area contributed by atoms with E-state index in [9.17, 15) is 22.4 Å². The molecule has 0 aromatic heterocycles. The van der Waals surface area contributed by atoms with Crippen molar-refractivity contribution in [3.05, 3.63) is 66.0 Å². The molecule has 28 heavy (non-hydrogen) atoms. The minimum atomic E-state index is -3.95. The summed E-state index contributed by atoms with van der Waals surface area (Å²) in [5.41, 5.74) is 0.455. The molecule has 0 aliphatic carbocycles. The molecule has 3 rings (SSSR count). The molecule has 1 heterocycles. The summed E-state index contributed by atoms with van der Waals surface area (Å²) in [7, 11) is -3.95. The Kier molecular flexibility index (Phi) is 6.05. The molecule has 0 bridgehead atoms. The van der Waals surface area contributed by atoms with E-state index >= 15 is 0 Å². The summed E-state index contributed by atoms with van der Waals surface area (Å²) in [5.74, 6) is -1.45. The zero-order valence-electron chi connectivity index (χ0n) is 15.0. The SMILES string of the molecule is O=C(NCC(=O)N1CCN(S(=O)(=O)c2ccccc2F)CC1)c1ccccc1. The van der Waals surface area contributed by atoms with Crippen LogP contribution in [0, 0.1) is 5.82 Å². The third-order valence-electron chi connectivity index (χ3n) is 4.48. The monoisotopic (exact) mass is 405 g/mol. The number of carbonyl (C=O) groups excluding carboxylic acids is 2. The predicted molar refractivity (Wildman–Crippen MR) is 101 cm³/mol. The molecule has 0 atom stereocenters. The van der Waals surface area contributed by atoms with E-state index in [1.165, 1.54) is 23.1 Å². The topological polar surface area (TPSA) is 86.8 Å². The summed E-state index contributed by atoms with van der Waals surface area (Å²) >= 11 is 0. The second-order valence-electron chi connectivity index (χ2n) is 6.26. The van der Waals surface area contributed by atoms with Crippen molar-refractivity contribution >= 4 is 21.8 Å². The van der Waals surface area contributed by atoms with Gasteiger partial charge in [0.15, 0.2) is 0 Å². The molecule has 2 aromatic rings. The zero-order chi connectivity index (χ0) is 20.1. The maximum absolute atomic E-state index is 13.9. The van der Waals surface area contributed by atoms with Crippen LogP contribution in [-0.2, 0) is 14.8 Å². The van der Waals surface area contributed by atoms with Gasteiger partial charge in [0.1, 0.15) is 10.7 Å². The van der Waals surface area contributed by atoms with E-state index in [-0.39, 0.29) is 49.4 Å². The Bertz CT molecular complexity index is 958. The Labute approximate surface area is 162 Å². The van der Waals surface area contributed by atoms with Crippen molar-refractivity contribution in [1.29, 1.82) is 0 Å². The Balaban J connectivity index is 1.54. The standard InChI is InChI=1S/C19H20FN3O4S/c20-16-8-4-5-9-17(16)28(26,27)23-12-10-22(11-13-23)18(24)14-21-19(25)15-6-2-1-3-7-15/h1-9H,10-14H2,(H,21,25). The maximum Gasteiger partial charge on any atom is 0.251 e. The van der Waals surface area contributed by atoms with Crippen LogP contribution >= 0.6 is 0 Å². The minimum Gasteiger partial charge on any atom is -0.343 e. The summed E-state index contributed by atoms with van der Waals surface area (Å²) in [6.07, 6.45) is 0. The largest absolute Gasteiger partial charge is 0.343 e. The van der Waals surface area contributed by atoms with Gasteiger partial charge in [0.25, 0.3) is 5.91 Å². The number of hydrogen-bond donors (Lipinski definition) is 1. The summed E-state index contributed by atoms with van der Waals surface area (Å²) in [6.45, 7) is 0.305. The Morgan fingerprint density at radius 3 is 2.18 bits per heavy atom. The van der Waals surface area contributed by atoms with Crippen LogP contribution in [0.15, 0.2) is 59.5 Å². The lowest BCUT2D eigenvalue weighted by molar-refractivity contribution is -0.131. The van der Waals surface area contributed by atoms with Crippen molar-refractivity contribution in [3.63, 3.8) is 0 Å². The molecule has 0 saturated carbocycles. The lowest BCUT2D eigenvalue weighted by Crippen LogP contribution is -2.52. The molecule has 0 radical (unpaired) electrons. The minimum absolute atomic E-state index is 0.0645. The number of halogens is 1. The lowest BCUT2D eigenvalue weighted by Gasteiger charge is -2.34. The van der Waals surface area contributed by atoms with Crippen molar-refractivity contribution in [2.75, 3.05) is 32.7 Å². The van der Waals surface area contributed by atoms with Gasteiger partial charge in [0, 0.05) is 31.7 Å². The van der Waals surface area contributed by atoms with Gasteiger partial charge in [-0.3, -0.25) is 9.59 Å². The summed E-state index contributed by atoms with van der Waals surface area (Å²) in [6, 6.07) is 13.7. The van der Waals surface area contributed by atoms with Crippen LogP contribution < -0.4 is 5.32 Å². The molecule has 2 aromatic carbocycles. The highest BCUT2D eigenvalue weighted by Gasteiger charge is 2.31. The Morgan fingerprint density at radius 2 is 1.54 bits per heavy atom. The number of nitrogens with one attached hydrogen (secondary N) is 1. The normalized spacial score (nSPS) is 15.2. The second-order valence-corrected chi connectivity index (χ2v) is 8.17. The van der Waals surface area contributed by atoms with Crippen LogP contribution in [0.1, 0.15) is 10.4 Å². The van der Waals surface area contributed by atoms with E-state index in [1.54, 1.807) is 30.3 Å². The molecule has 7 nitrogen and oxygen atoms in total. The fraction of sp³-hybridized carbons (Fsp3) is 0.263. The Morgan fingerprint density at radius 1 is 0.929 bits per heavy atom. The van der Waals surface area contributed by atoms with Crippen LogP contribution in [0.4, 0.5) is 4.39 Å². The van der Waals surface area contributed by atoms with E-state index in [1.807, 2.05) is 0 Å². The third-order valence-corrected chi connectivity index (χ3v) is 6.41. The number of piperazine rings is 1. The van der Waals surface area contributed by atoms with E-state index in [0.29, 0.717) is 5.56 Å². The summed E-state index contributed by atoms with van der Waals surface area (Å²) < 4.78 is 40.2. The van der Waals surface area contributed by atoms with Crippen LogP contribution in [-0.4, -0.2) is 62.2 Å². The number of carbonyl (C=O) groups is 2. The van der Waals surface area contributed by atoms with Crippen LogP contribution in [0.3, 0.4) is 0 Å². The van der Waals surface area contributed by atoms with Gasteiger partial charge in [-0.15, -0.1) is 0 Å². The van der Waals surface area contributed by atoms with Gasteiger partial charge in [-0.05, 0) is 24.3 Å². The van der Waals surface area contributed by atoms with Crippen LogP contribution in [0.5, 0.6) is 0 Å². The molecule has 148 valence electrons. The van der Waals surface area contributed by atoms with Gasteiger partial charge in [-0.25, -0.2) is 12.8 Å². The van der Waals surface area contributed by atoms with E-state index < -0.39 is 15.8 Å². The molecule has 1 aliphatic heterocycles. The number of nitrogens with zero attached hydrogens (tertiary/aromatic N) is 2. The molecule has 1 saturated heterocycles. The average Bonchev–Trinajstić information content (AvgIpc) is 2.72.